The first kappa shape index (κ1) is 31.7. The van der Waals surface area contributed by atoms with E-state index < -0.39 is 0 Å². The molecule has 3 heteroatoms. The van der Waals surface area contributed by atoms with Gasteiger partial charge in [0.25, 0.3) is 0 Å². The second kappa shape index (κ2) is 12.5. The molecule has 0 saturated carbocycles. The molecule has 3 heterocycles. The largest absolute Gasteiger partial charge is 0.456 e. The molecule has 0 aliphatic carbocycles. The average Bonchev–Trinajstić information content (AvgIpc) is 3.96. The van der Waals surface area contributed by atoms with Gasteiger partial charge in [0.05, 0.1) is 0 Å². The van der Waals surface area contributed by atoms with Gasteiger partial charge in [-0.3, -0.25) is 0 Å². The maximum atomic E-state index is 6.38. The molecule has 12 rings (SSSR count). The molecular formula is C54H32O3. The molecule has 266 valence electrons. The van der Waals surface area contributed by atoms with Gasteiger partial charge in [0, 0.05) is 32.3 Å². The van der Waals surface area contributed by atoms with E-state index in [0.29, 0.717) is 0 Å². The molecule has 3 nitrogen and oxygen atoms in total. The summed E-state index contributed by atoms with van der Waals surface area (Å²) in [6.45, 7) is 0. The van der Waals surface area contributed by atoms with Crippen molar-refractivity contribution >= 4 is 65.8 Å². The molecule has 0 aliphatic heterocycles. The van der Waals surface area contributed by atoms with Crippen LogP contribution in [0.5, 0.6) is 0 Å². The highest BCUT2D eigenvalue weighted by molar-refractivity contribution is 6.11. The van der Waals surface area contributed by atoms with Crippen molar-refractivity contribution in [2.75, 3.05) is 0 Å². The van der Waals surface area contributed by atoms with Gasteiger partial charge >= 0.3 is 0 Å². The number of fused-ring (bicyclic) bond motifs is 9. The van der Waals surface area contributed by atoms with Gasteiger partial charge in [0.2, 0.25) is 0 Å². The summed E-state index contributed by atoms with van der Waals surface area (Å²) in [6, 6.07) is 68.7. The quantitative estimate of drug-likeness (QED) is 0.177. The molecule has 0 aliphatic rings. The van der Waals surface area contributed by atoms with Crippen molar-refractivity contribution in [2.24, 2.45) is 0 Å². The zero-order chi connectivity index (χ0) is 37.5. The first-order valence-corrected chi connectivity index (χ1v) is 19.3. The predicted molar refractivity (Wildman–Crippen MR) is 235 cm³/mol. The van der Waals surface area contributed by atoms with E-state index in [-0.39, 0.29) is 0 Å². The minimum absolute atomic E-state index is 0.873. The smallest absolute Gasteiger partial charge is 0.135 e. The SMILES string of the molecule is c1ccc(-c2ccc3oc4ccc(-c5cccc(-c6ccc7oc8ccc(-c9ccc%10oc%11ccc(-c%12ccccc%12)cc%11c%10c9)cc8c7c6)c5)cc4c3c2)cc1. The Morgan fingerprint density at radius 3 is 0.684 bits per heavy atom. The van der Waals surface area contributed by atoms with E-state index in [1.807, 2.05) is 12.1 Å². The van der Waals surface area contributed by atoms with Gasteiger partial charge in [0.15, 0.2) is 0 Å². The van der Waals surface area contributed by atoms with Crippen molar-refractivity contribution < 1.29 is 13.3 Å². The highest BCUT2D eigenvalue weighted by atomic mass is 16.3. The van der Waals surface area contributed by atoms with Crippen molar-refractivity contribution in [3.63, 3.8) is 0 Å². The van der Waals surface area contributed by atoms with Crippen LogP contribution in [-0.2, 0) is 0 Å². The number of hydrogen-bond acceptors (Lipinski definition) is 3. The molecule has 0 bridgehead atoms. The average molecular weight is 729 g/mol. The van der Waals surface area contributed by atoms with Gasteiger partial charge in [0.1, 0.15) is 33.5 Å². The standard InChI is InChI=1S/C54H32O3/c1-3-8-33(9-4-1)37-14-20-49-43(27-37)45-29-39(16-22-51(45)55-49)35-12-7-13-36(26-35)40-17-23-52-46(30-40)48-32-42(19-25-54(48)57-52)41-18-24-53-47(31-41)44-28-38(15-21-50(44)56-53)34-10-5-2-6-11-34/h1-32H. The molecule has 0 atom stereocenters. The lowest BCUT2D eigenvalue weighted by Gasteiger charge is -2.07. The molecule has 0 spiro atoms. The Morgan fingerprint density at radius 1 is 0.175 bits per heavy atom. The maximum Gasteiger partial charge on any atom is 0.135 e. The van der Waals surface area contributed by atoms with Gasteiger partial charge in [-0.15, -0.1) is 0 Å². The monoisotopic (exact) mass is 728 g/mol. The Morgan fingerprint density at radius 2 is 0.404 bits per heavy atom. The second-order valence-corrected chi connectivity index (χ2v) is 14.9. The fraction of sp³-hybridized carbons (Fsp3) is 0. The summed E-state index contributed by atoms with van der Waals surface area (Å²) in [5, 5.41) is 6.65. The van der Waals surface area contributed by atoms with Crippen molar-refractivity contribution in [2.45, 2.75) is 0 Å². The fourth-order valence-electron chi connectivity index (χ4n) is 8.55. The first-order chi connectivity index (χ1) is 28.2. The minimum Gasteiger partial charge on any atom is -0.456 e. The van der Waals surface area contributed by atoms with Crippen LogP contribution in [0.1, 0.15) is 0 Å². The highest BCUT2D eigenvalue weighted by Gasteiger charge is 2.15. The van der Waals surface area contributed by atoms with Gasteiger partial charge in [-0.25, -0.2) is 0 Å². The van der Waals surface area contributed by atoms with Crippen LogP contribution < -0.4 is 0 Å². The van der Waals surface area contributed by atoms with E-state index in [0.717, 1.165) is 99.2 Å². The molecule has 12 aromatic rings. The lowest BCUT2D eigenvalue weighted by molar-refractivity contribution is 0.668. The molecular weight excluding hydrogens is 697 g/mol. The third-order valence-corrected chi connectivity index (χ3v) is 11.5. The molecule has 0 saturated heterocycles. The Bertz CT molecular complexity index is 3510. The lowest BCUT2D eigenvalue weighted by atomic mass is 9.96. The van der Waals surface area contributed by atoms with Gasteiger partial charge in [-0.1, -0.05) is 115 Å². The lowest BCUT2D eigenvalue weighted by Crippen LogP contribution is -1.82. The van der Waals surface area contributed by atoms with E-state index in [1.165, 1.54) is 22.3 Å². The number of hydrogen-bond donors (Lipinski definition) is 0. The molecule has 0 amide bonds. The number of benzene rings is 9. The molecule has 9 aromatic carbocycles. The normalized spacial score (nSPS) is 11.9. The molecule has 0 unspecified atom stereocenters. The molecule has 57 heavy (non-hydrogen) atoms. The zero-order valence-corrected chi connectivity index (χ0v) is 30.7. The van der Waals surface area contributed by atoms with E-state index in [2.05, 4.69) is 182 Å². The van der Waals surface area contributed by atoms with Gasteiger partial charge in [-0.05, 0) is 134 Å². The number of furan rings is 3. The maximum absolute atomic E-state index is 6.38. The summed E-state index contributed by atoms with van der Waals surface area (Å²) < 4.78 is 18.9. The molecule has 0 fully saturated rings. The summed E-state index contributed by atoms with van der Waals surface area (Å²) in [4.78, 5) is 0. The summed E-state index contributed by atoms with van der Waals surface area (Å²) in [6.07, 6.45) is 0. The first-order valence-electron chi connectivity index (χ1n) is 19.3. The predicted octanol–water partition coefficient (Wildman–Crippen LogP) is 15.7. The molecule has 0 radical (unpaired) electrons. The van der Waals surface area contributed by atoms with E-state index in [9.17, 15) is 0 Å². The summed E-state index contributed by atoms with van der Waals surface area (Å²) >= 11 is 0. The minimum atomic E-state index is 0.873. The fourth-order valence-corrected chi connectivity index (χ4v) is 8.55. The second-order valence-electron chi connectivity index (χ2n) is 14.9. The third kappa shape index (κ3) is 5.28. The molecule has 3 aromatic heterocycles. The van der Waals surface area contributed by atoms with E-state index in [1.54, 1.807) is 0 Å². The molecule has 0 N–H and O–H groups in total. The van der Waals surface area contributed by atoms with Crippen LogP contribution >= 0.6 is 0 Å². The Hall–Kier alpha value is -7.62. The van der Waals surface area contributed by atoms with Crippen LogP contribution in [0.4, 0.5) is 0 Å². The zero-order valence-electron chi connectivity index (χ0n) is 30.7. The van der Waals surface area contributed by atoms with Crippen LogP contribution in [-0.4, -0.2) is 0 Å². The van der Waals surface area contributed by atoms with Crippen molar-refractivity contribution in [1.29, 1.82) is 0 Å². The van der Waals surface area contributed by atoms with E-state index in [4.69, 9.17) is 13.3 Å². The summed E-state index contributed by atoms with van der Waals surface area (Å²) in [7, 11) is 0. The Kier molecular flexibility index (Phi) is 6.93. The van der Waals surface area contributed by atoms with Crippen LogP contribution in [0.15, 0.2) is 207 Å². The Balaban J connectivity index is 0.911. The van der Waals surface area contributed by atoms with Crippen molar-refractivity contribution in [3.8, 4) is 55.6 Å². The van der Waals surface area contributed by atoms with Gasteiger partial charge < -0.3 is 13.3 Å². The topological polar surface area (TPSA) is 39.4 Å². The third-order valence-electron chi connectivity index (χ3n) is 11.5. The van der Waals surface area contributed by atoms with Crippen molar-refractivity contribution in [3.05, 3.63) is 194 Å². The van der Waals surface area contributed by atoms with Crippen LogP contribution in [0.25, 0.3) is 121 Å². The highest BCUT2D eigenvalue weighted by Crippen LogP contribution is 2.40. The summed E-state index contributed by atoms with van der Waals surface area (Å²) in [5.74, 6) is 0. The number of rotatable bonds is 5. The van der Waals surface area contributed by atoms with Crippen LogP contribution in [0, 0.1) is 0 Å². The summed E-state index contributed by atoms with van der Waals surface area (Å²) in [5.41, 5.74) is 16.9. The van der Waals surface area contributed by atoms with Crippen LogP contribution in [0.2, 0.25) is 0 Å². The van der Waals surface area contributed by atoms with E-state index >= 15 is 0 Å². The Labute approximate surface area is 327 Å². The van der Waals surface area contributed by atoms with Gasteiger partial charge in [-0.2, -0.15) is 0 Å². The van der Waals surface area contributed by atoms with Crippen LogP contribution in [0.3, 0.4) is 0 Å². The van der Waals surface area contributed by atoms with Crippen molar-refractivity contribution in [1.82, 2.24) is 0 Å².